The van der Waals surface area contributed by atoms with Crippen LogP contribution in [0.5, 0.6) is 0 Å². The van der Waals surface area contributed by atoms with Gasteiger partial charge in [0.1, 0.15) is 18.1 Å². The fourth-order valence-corrected chi connectivity index (χ4v) is 5.02. The molecule has 1 aromatic carbocycles. The first-order valence-electron chi connectivity index (χ1n) is 12.3. The van der Waals surface area contributed by atoms with E-state index in [0.29, 0.717) is 44.5 Å². The number of hydrogen-bond acceptors (Lipinski definition) is 6. The predicted octanol–water partition coefficient (Wildman–Crippen LogP) is 0.0736. The van der Waals surface area contributed by atoms with Gasteiger partial charge in [-0.2, -0.15) is 0 Å². The minimum atomic E-state index is -1.03. The quantitative estimate of drug-likeness (QED) is 0.382. The predicted molar refractivity (Wildman–Crippen MR) is 129 cm³/mol. The van der Waals surface area contributed by atoms with Gasteiger partial charge in [0.25, 0.3) is 0 Å². The van der Waals surface area contributed by atoms with Crippen LogP contribution in [0.4, 0.5) is 0 Å². The largest absolute Gasteiger partial charge is 0.480 e. The summed E-state index contributed by atoms with van der Waals surface area (Å²) in [4.78, 5) is 61.3. The number of amides is 3. The first kappa shape index (κ1) is 25.4. The highest BCUT2D eigenvalue weighted by Gasteiger charge is 2.43. The van der Waals surface area contributed by atoms with Gasteiger partial charge < -0.3 is 30.9 Å². The lowest BCUT2D eigenvalue weighted by Crippen LogP contribution is -2.57. The molecule has 0 bridgehead atoms. The minimum Gasteiger partial charge on any atom is -0.480 e. The SMILES string of the molecule is NC(Cc1cnc[nH]1)C(=O)NC(Cc1ccccc1)C(=O)N1CCCC1C(=O)N1CCCC1C(=O)O. The van der Waals surface area contributed by atoms with Gasteiger partial charge in [0.05, 0.1) is 12.4 Å². The smallest absolute Gasteiger partial charge is 0.326 e. The molecule has 192 valence electrons. The molecule has 0 spiro atoms. The van der Waals surface area contributed by atoms with Crippen LogP contribution in [0.15, 0.2) is 42.9 Å². The van der Waals surface area contributed by atoms with Crippen molar-refractivity contribution in [3.05, 3.63) is 54.1 Å². The molecule has 3 amide bonds. The van der Waals surface area contributed by atoms with Crippen molar-refractivity contribution in [2.75, 3.05) is 13.1 Å². The summed E-state index contributed by atoms with van der Waals surface area (Å²) in [6.07, 6.45) is 5.66. The van der Waals surface area contributed by atoms with Gasteiger partial charge in [-0.3, -0.25) is 14.4 Å². The zero-order valence-electron chi connectivity index (χ0n) is 20.0. The number of aliphatic carboxylic acids is 1. The van der Waals surface area contributed by atoms with E-state index in [1.165, 1.54) is 16.1 Å². The Morgan fingerprint density at radius 1 is 1.06 bits per heavy atom. The van der Waals surface area contributed by atoms with Gasteiger partial charge >= 0.3 is 5.97 Å². The van der Waals surface area contributed by atoms with Gasteiger partial charge in [-0.1, -0.05) is 30.3 Å². The number of imidazole rings is 1. The molecule has 0 radical (unpaired) electrons. The number of hydrogen-bond donors (Lipinski definition) is 4. The Balaban J connectivity index is 1.50. The Morgan fingerprint density at radius 2 is 1.75 bits per heavy atom. The van der Waals surface area contributed by atoms with E-state index in [0.717, 1.165) is 5.56 Å². The van der Waals surface area contributed by atoms with Crippen LogP contribution in [0.2, 0.25) is 0 Å². The second-order valence-electron chi connectivity index (χ2n) is 9.36. The molecule has 4 unspecified atom stereocenters. The molecule has 11 heteroatoms. The van der Waals surface area contributed by atoms with Gasteiger partial charge in [-0.05, 0) is 31.2 Å². The number of rotatable bonds is 9. The maximum absolute atomic E-state index is 13.7. The maximum atomic E-state index is 13.7. The Kier molecular flexibility index (Phi) is 7.99. The molecule has 4 atom stereocenters. The molecule has 2 aliphatic rings. The normalized spacial score (nSPS) is 21.2. The van der Waals surface area contributed by atoms with Crippen LogP contribution < -0.4 is 11.1 Å². The molecule has 2 saturated heterocycles. The number of nitrogens with zero attached hydrogens (tertiary/aromatic N) is 3. The molecule has 5 N–H and O–H groups in total. The number of nitrogens with two attached hydrogens (primary N) is 1. The first-order chi connectivity index (χ1) is 17.3. The van der Waals surface area contributed by atoms with Crippen molar-refractivity contribution >= 4 is 23.7 Å². The van der Waals surface area contributed by atoms with Crippen LogP contribution in [0.1, 0.15) is 36.9 Å². The van der Waals surface area contributed by atoms with Crippen LogP contribution in [0.3, 0.4) is 0 Å². The molecular weight excluding hydrogens is 464 g/mol. The summed E-state index contributed by atoms with van der Waals surface area (Å²) in [5.41, 5.74) is 7.66. The zero-order valence-corrected chi connectivity index (χ0v) is 20.0. The van der Waals surface area contributed by atoms with Gasteiger partial charge in [0.2, 0.25) is 17.7 Å². The number of carboxylic acid groups (broad SMARTS) is 1. The molecule has 11 nitrogen and oxygen atoms in total. The van der Waals surface area contributed by atoms with Gasteiger partial charge in [-0.15, -0.1) is 0 Å². The van der Waals surface area contributed by atoms with Crippen LogP contribution in [0.25, 0.3) is 0 Å². The van der Waals surface area contributed by atoms with Gasteiger partial charge in [-0.25, -0.2) is 9.78 Å². The van der Waals surface area contributed by atoms with Crippen molar-refractivity contribution in [3.63, 3.8) is 0 Å². The topological polar surface area (TPSA) is 162 Å². The summed E-state index contributed by atoms with van der Waals surface area (Å²) in [7, 11) is 0. The third kappa shape index (κ3) is 5.73. The molecule has 0 saturated carbocycles. The summed E-state index contributed by atoms with van der Waals surface area (Å²) < 4.78 is 0. The molecule has 2 aliphatic heterocycles. The number of likely N-dealkylation sites (tertiary alicyclic amines) is 2. The fourth-order valence-electron chi connectivity index (χ4n) is 5.02. The first-order valence-corrected chi connectivity index (χ1v) is 12.3. The Hall–Kier alpha value is -3.73. The Bertz CT molecular complexity index is 1080. The van der Waals surface area contributed by atoms with Crippen molar-refractivity contribution in [2.24, 2.45) is 5.73 Å². The second kappa shape index (κ2) is 11.3. The van der Waals surface area contributed by atoms with Crippen molar-refractivity contribution < 1.29 is 24.3 Å². The van der Waals surface area contributed by atoms with E-state index in [-0.39, 0.29) is 24.7 Å². The van der Waals surface area contributed by atoms with Crippen LogP contribution in [-0.4, -0.2) is 85.8 Å². The molecule has 1 aromatic heterocycles. The van der Waals surface area contributed by atoms with Gasteiger partial charge in [0, 0.05) is 37.8 Å². The van der Waals surface area contributed by atoms with E-state index in [2.05, 4.69) is 15.3 Å². The van der Waals surface area contributed by atoms with E-state index < -0.39 is 36.0 Å². The number of aromatic amines is 1. The second-order valence-corrected chi connectivity index (χ2v) is 9.36. The van der Waals surface area contributed by atoms with Crippen LogP contribution >= 0.6 is 0 Å². The standard InChI is InChI=1S/C25H32N6O5/c26-18(13-17-14-27-15-28-17)22(32)29-19(12-16-6-2-1-3-7-16)23(33)30-10-4-8-20(30)24(34)31-11-5-9-21(31)25(35)36/h1-3,6-7,14-15,18-21H,4-5,8-13,26H2,(H,27,28)(H,29,32)(H,35,36). The fraction of sp³-hybridized carbons (Fsp3) is 0.480. The lowest BCUT2D eigenvalue weighted by Gasteiger charge is -2.32. The summed E-state index contributed by atoms with van der Waals surface area (Å²) >= 11 is 0. The van der Waals surface area contributed by atoms with Crippen molar-refractivity contribution in [1.82, 2.24) is 25.1 Å². The number of nitrogens with one attached hydrogen (secondary N) is 2. The van der Waals surface area contributed by atoms with E-state index in [1.807, 2.05) is 30.3 Å². The molecule has 3 heterocycles. The minimum absolute atomic E-state index is 0.231. The van der Waals surface area contributed by atoms with E-state index >= 15 is 0 Å². The molecular formula is C25H32N6O5. The van der Waals surface area contributed by atoms with Crippen LogP contribution in [0, 0.1) is 0 Å². The van der Waals surface area contributed by atoms with E-state index in [4.69, 9.17) is 5.73 Å². The Labute approximate surface area is 209 Å². The lowest BCUT2D eigenvalue weighted by atomic mass is 10.0. The lowest BCUT2D eigenvalue weighted by molar-refractivity contribution is -0.152. The van der Waals surface area contributed by atoms with Crippen molar-refractivity contribution in [3.8, 4) is 0 Å². The number of aromatic nitrogens is 2. The summed E-state index contributed by atoms with van der Waals surface area (Å²) in [6.45, 7) is 0.725. The average molecular weight is 497 g/mol. The number of benzene rings is 1. The molecule has 0 aliphatic carbocycles. The molecule has 2 aromatic rings. The van der Waals surface area contributed by atoms with E-state index in [9.17, 15) is 24.3 Å². The molecule has 2 fully saturated rings. The van der Waals surface area contributed by atoms with E-state index in [1.54, 1.807) is 6.20 Å². The highest BCUT2D eigenvalue weighted by Crippen LogP contribution is 2.26. The summed E-state index contributed by atoms with van der Waals surface area (Å²) in [6, 6.07) is 5.87. The zero-order chi connectivity index (χ0) is 25.7. The third-order valence-corrected chi connectivity index (χ3v) is 6.87. The average Bonchev–Trinajstić information content (AvgIpc) is 3.65. The maximum Gasteiger partial charge on any atom is 0.326 e. The monoisotopic (exact) mass is 496 g/mol. The number of carboxylic acids is 1. The number of H-pyrrole nitrogens is 1. The highest BCUT2D eigenvalue weighted by molar-refractivity contribution is 5.95. The molecule has 36 heavy (non-hydrogen) atoms. The summed E-state index contributed by atoms with van der Waals surface area (Å²) in [5, 5.41) is 12.3. The van der Waals surface area contributed by atoms with Crippen molar-refractivity contribution in [1.29, 1.82) is 0 Å². The van der Waals surface area contributed by atoms with Gasteiger partial charge in [0.15, 0.2) is 0 Å². The molecule has 4 rings (SSSR count). The third-order valence-electron chi connectivity index (χ3n) is 6.87. The van der Waals surface area contributed by atoms with Crippen LogP contribution in [-0.2, 0) is 32.0 Å². The van der Waals surface area contributed by atoms with Crippen molar-refractivity contribution in [2.45, 2.75) is 62.7 Å². The number of carbonyl (C=O) groups is 4. The highest BCUT2D eigenvalue weighted by atomic mass is 16.4. The number of carbonyl (C=O) groups excluding carboxylic acids is 3. The Morgan fingerprint density at radius 3 is 2.42 bits per heavy atom. The summed E-state index contributed by atoms with van der Waals surface area (Å²) in [5.74, 6) is -2.22.